The van der Waals surface area contributed by atoms with Gasteiger partial charge in [-0.15, -0.1) is 10.2 Å². The van der Waals surface area contributed by atoms with Crippen molar-refractivity contribution < 1.29 is 14.4 Å². The number of allylic oxidation sites excluding steroid dienone is 2. The number of hydrogen-bond acceptors (Lipinski definition) is 6. The Balaban J connectivity index is 1.46. The highest BCUT2D eigenvalue weighted by Gasteiger charge is 2.56. The molecule has 1 aromatic rings. The predicted octanol–water partition coefficient (Wildman–Crippen LogP) is 1.24. The van der Waals surface area contributed by atoms with Crippen LogP contribution in [-0.4, -0.2) is 39.4 Å². The van der Waals surface area contributed by atoms with E-state index in [0.29, 0.717) is 5.13 Å². The van der Waals surface area contributed by atoms with E-state index in [1.807, 2.05) is 6.92 Å². The predicted molar refractivity (Wildman–Crippen MR) is 87.0 cm³/mol. The number of fused-ring (bicyclic) bond motifs is 1. The number of likely N-dealkylation sites (tertiary alicyclic amines) is 1. The summed E-state index contributed by atoms with van der Waals surface area (Å²) < 4.78 is 0. The molecule has 2 heterocycles. The Hall–Kier alpha value is -2.09. The van der Waals surface area contributed by atoms with Crippen LogP contribution in [0, 0.1) is 23.7 Å². The van der Waals surface area contributed by atoms with Gasteiger partial charge in [-0.1, -0.05) is 30.4 Å². The van der Waals surface area contributed by atoms with Gasteiger partial charge in [0.15, 0.2) is 0 Å². The van der Waals surface area contributed by atoms with Crippen LogP contribution in [0.1, 0.15) is 24.8 Å². The van der Waals surface area contributed by atoms with Gasteiger partial charge in [-0.05, 0) is 31.1 Å². The number of nitrogens with zero attached hydrogens (tertiary/aromatic N) is 3. The normalized spacial score (nSPS) is 30.8. The molecule has 3 aliphatic carbocycles. The van der Waals surface area contributed by atoms with Gasteiger partial charge in [0.25, 0.3) is 0 Å². The summed E-state index contributed by atoms with van der Waals surface area (Å²) in [6.07, 6.45) is 6.78. The second kappa shape index (κ2) is 5.77. The Kier molecular flexibility index (Phi) is 3.71. The van der Waals surface area contributed by atoms with E-state index in [2.05, 4.69) is 27.7 Å². The third kappa shape index (κ3) is 2.36. The first-order valence-electron chi connectivity index (χ1n) is 8.24. The van der Waals surface area contributed by atoms with Crippen LogP contribution in [0.5, 0.6) is 0 Å². The molecule has 2 bridgehead atoms. The van der Waals surface area contributed by atoms with Crippen molar-refractivity contribution in [2.45, 2.75) is 26.2 Å². The monoisotopic (exact) mass is 346 g/mol. The van der Waals surface area contributed by atoms with Gasteiger partial charge in [0.1, 0.15) is 11.6 Å². The SMILES string of the molecule is CCc1nnc(NC(=O)CN2C(=O)[C@@H]3[C@@H](C2=O)[C@H]2C=C[C@H]3CC2)s1. The lowest BCUT2D eigenvalue weighted by Crippen LogP contribution is -2.38. The van der Waals surface area contributed by atoms with E-state index in [1.54, 1.807) is 0 Å². The van der Waals surface area contributed by atoms with Crippen LogP contribution in [0.15, 0.2) is 12.2 Å². The minimum Gasteiger partial charge on any atom is -0.299 e. The number of aromatic nitrogens is 2. The quantitative estimate of drug-likeness (QED) is 0.654. The summed E-state index contributed by atoms with van der Waals surface area (Å²) in [5, 5.41) is 11.7. The van der Waals surface area contributed by atoms with Crippen LogP contribution >= 0.6 is 11.3 Å². The zero-order chi connectivity index (χ0) is 16.8. The first-order chi connectivity index (χ1) is 11.6. The van der Waals surface area contributed by atoms with E-state index in [4.69, 9.17) is 0 Å². The minimum absolute atomic E-state index is 0.139. The number of rotatable bonds is 4. The molecule has 1 saturated heterocycles. The summed E-state index contributed by atoms with van der Waals surface area (Å²) in [5.74, 6) is -1.09. The van der Waals surface area contributed by atoms with Gasteiger partial charge >= 0.3 is 0 Å². The molecule has 0 aromatic carbocycles. The molecule has 0 spiro atoms. The minimum atomic E-state index is -0.408. The molecule has 4 aliphatic rings. The molecule has 126 valence electrons. The van der Waals surface area contributed by atoms with Crippen molar-refractivity contribution in [3.63, 3.8) is 0 Å². The van der Waals surface area contributed by atoms with Gasteiger partial charge in [0.2, 0.25) is 22.9 Å². The number of carbonyl (C=O) groups excluding carboxylic acids is 3. The zero-order valence-electron chi connectivity index (χ0n) is 13.3. The van der Waals surface area contributed by atoms with E-state index in [0.717, 1.165) is 29.2 Å². The Bertz CT molecular complexity index is 711. The number of nitrogens with one attached hydrogen (secondary N) is 1. The average Bonchev–Trinajstić information content (AvgIpc) is 3.15. The molecule has 0 radical (unpaired) electrons. The number of carbonyl (C=O) groups is 3. The standard InChI is InChI=1S/C16H18N4O3S/c1-2-11-18-19-16(24-11)17-10(21)7-20-14(22)12-8-3-4-9(6-5-8)13(12)15(20)23/h3-4,8-9,12-13H,2,5-7H2,1H3,(H,17,19,21)/t8-,9-,12-,13-/m0/s1. The fourth-order valence-electron chi connectivity index (χ4n) is 4.04. The summed E-state index contributed by atoms with van der Waals surface area (Å²) in [6, 6.07) is 0. The molecule has 24 heavy (non-hydrogen) atoms. The molecule has 4 atom stereocenters. The largest absolute Gasteiger partial charge is 0.299 e. The second-order valence-corrected chi connectivity index (χ2v) is 7.57. The summed E-state index contributed by atoms with van der Waals surface area (Å²) in [5.41, 5.74) is 0. The lowest BCUT2D eigenvalue weighted by atomic mass is 9.63. The van der Waals surface area contributed by atoms with Crippen LogP contribution in [0.2, 0.25) is 0 Å². The highest BCUT2D eigenvalue weighted by atomic mass is 32.1. The van der Waals surface area contributed by atoms with E-state index in [1.165, 1.54) is 11.3 Å². The van der Waals surface area contributed by atoms with Crippen molar-refractivity contribution >= 4 is 34.2 Å². The number of aryl methyl sites for hydroxylation is 1. The van der Waals surface area contributed by atoms with Gasteiger partial charge < -0.3 is 0 Å². The summed E-state index contributed by atoms with van der Waals surface area (Å²) in [7, 11) is 0. The van der Waals surface area contributed by atoms with Crippen molar-refractivity contribution in [3.8, 4) is 0 Å². The first-order valence-corrected chi connectivity index (χ1v) is 9.06. The van der Waals surface area contributed by atoms with Crippen LogP contribution in [0.3, 0.4) is 0 Å². The van der Waals surface area contributed by atoms with E-state index in [9.17, 15) is 14.4 Å². The Morgan fingerprint density at radius 3 is 2.33 bits per heavy atom. The second-order valence-electron chi connectivity index (χ2n) is 6.51. The molecule has 2 fully saturated rings. The molecule has 1 saturated carbocycles. The molecular formula is C16H18N4O3S. The highest BCUT2D eigenvalue weighted by Crippen LogP contribution is 2.49. The summed E-state index contributed by atoms with van der Waals surface area (Å²) in [4.78, 5) is 38.6. The van der Waals surface area contributed by atoms with Gasteiger partial charge in [-0.2, -0.15) is 0 Å². The molecule has 3 amide bonds. The smallest absolute Gasteiger partial charge is 0.246 e. The number of amides is 3. The topological polar surface area (TPSA) is 92.3 Å². The first kappa shape index (κ1) is 15.4. The summed E-state index contributed by atoms with van der Waals surface area (Å²) >= 11 is 1.30. The van der Waals surface area contributed by atoms with Crippen molar-refractivity contribution in [2.75, 3.05) is 11.9 Å². The average molecular weight is 346 g/mol. The molecule has 5 rings (SSSR count). The maximum absolute atomic E-state index is 12.6. The molecule has 1 aromatic heterocycles. The third-order valence-corrected chi connectivity index (χ3v) is 6.15. The van der Waals surface area contributed by atoms with Gasteiger partial charge in [-0.25, -0.2) is 0 Å². The molecule has 7 nitrogen and oxygen atoms in total. The van der Waals surface area contributed by atoms with Crippen LogP contribution in [0.25, 0.3) is 0 Å². The molecule has 0 unspecified atom stereocenters. The Morgan fingerprint density at radius 2 is 1.83 bits per heavy atom. The third-order valence-electron chi connectivity index (χ3n) is 5.17. The van der Waals surface area contributed by atoms with Crippen LogP contribution < -0.4 is 5.32 Å². The summed E-state index contributed by atoms with van der Waals surface area (Å²) in [6.45, 7) is 1.71. The maximum Gasteiger partial charge on any atom is 0.246 e. The molecular weight excluding hydrogens is 328 g/mol. The lowest BCUT2D eigenvalue weighted by Gasteiger charge is -2.38. The van der Waals surface area contributed by atoms with E-state index >= 15 is 0 Å². The van der Waals surface area contributed by atoms with Gasteiger partial charge in [-0.3, -0.25) is 24.6 Å². The molecule has 1 N–H and O–H groups in total. The molecule has 8 heteroatoms. The van der Waals surface area contributed by atoms with Crippen molar-refractivity contribution in [2.24, 2.45) is 23.7 Å². The number of hydrogen-bond donors (Lipinski definition) is 1. The Labute approximate surface area is 143 Å². The van der Waals surface area contributed by atoms with Gasteiger partial charge in [0.05, 0.1) is 11.8 Å². The Morgan fingerprint density at radius 1 is 1.21 bits per heavy atom. The van der Waals surface area contributed by atoms with E-state index in [-0.39, 0.29) is 42.0 Å². The van der Waals surface area contributed by atoms with Crippen molar-refractivity contribution in [3.05, 3.63) is 17.2 Å². The zero-order valence-corrected chi connectivity index (χ0v) is 14.1. The molecule has 1 aliphatic heterocycles. The van der Waals surface area contributed by atoms with Crippen molar-refractivity contribution in [1.29, 1.82) is 0 Å². The van der Waals surface area contributed by atoms with Crippen molar-refractivity contribution in [1.82, 2.24) is 15.1 Å². The fraction of sp³-hybridized carbons (Fsp3) is 0.562. The van der Waals surface area contributed by atoms with E-state index < -0.39 is 5.91 Å². The van der Waals surface area contributed by atoms with Gasteiger partial charge in [0, 0.05) is 0 Å². The lowest BCUT2D eigenvalue weighted by molar-refractivity contribution is -0.142. The number of imide groups is 1. The number of anilines is 1. The maximum atomic E-state index is 12.6. The fourth-order valence-corrected chi connectivity index (χ4v) is 4.74. The van der Waals surface area contributed by atoms with Crippen LogP contribution in [-0.2, 0) is 20.8 Å². The van der Waals surface area contributed by atoms with Crippen LogP contribution in [0.4, 0.5) is 5.13 Å². The highest BCUT2D eigenvalue weighted by molar-refractivity contribution is 7.15.